The Kier molecular flexibility index (Phi) is 5.29. The lowest BCUT2D eigenvalue weighted by atomic mass is 10.3. The number of phenols is 2. The first-order valence-electron chi connectivity index (χ1n) is 4.79. The second-order valence-electron chi connectivity index (χ2n) is 3.03. The lowest BCUT2D eigenvalue weighted by molar-refractivity contribution is 0.460. The van der Waals surface area contributed by atoms with Crippen LogP contribution in [0.1, 0.15) is 0 Å². The number of aromatic hydroxyl groups is 2. The number of phenolic OH excluding ortho intramolecular Hbond substituents is 2. The van der Waals surface area contributed by atoms with Crippen LogP contribution in [0, 0.1) is 0 Å². The number of hydrogen-bond donors (Lipinski definition) is 2. The second kappa shape index (κ2) is 6.80. The van der Waals surface area contributed by atoms with Crippen molar-refractivity contribution < 1.29 is 10.2 Å². The molecule has 0 unspecified atom stereocenters. The Morgan fingerprint density at radius 2 is 1.19 bits per heavy atom. The van der Waals surface area contributed by atoms with Crippen LogP contribution in [0.3, 0.4) is 0 Å². The molecule has 84 valence electrons. The molecular weight excluding hydrogens is 220 g/mol. The van der Waals surface area contributed by atoms with Crippen molar-refractivity contribution in [2.24, 2.45) is 0 Å². The fraction of sp³-hybridized carbons (Fsp3) is 0.0769. The van der Waals surface area contributed by atoms with Crippen LogP contribution in [-0.4, -0.2) is 16.5 Å². The van der Waals surface area contributed by atoms with Gasteiger partial charge in [0.15, 0.2) is 0 Å². The highest BCUT2D eigenvalue weighted by molar-refractivity contribution is 7.98. The molecule has 0 atom stereocenters. The van der Waals surface area contributed by atoms with E-state index < -0.39 is 0 Å². The highest BCUT2D eigenvalue weighted by atomic mass is 32.2. The van der Waals surface area contributed by atoms with Crippen molar-refractivity contribution in [2.45, 2.75) is 4.90 Å². The summed E-state index contributed by atoms with van der Waals surface area (Å²) in [5.41, 5.74) is 0. The number of hydrogen-bond acceptors (Lipinski definition) is 3. The molecule has 0 saturated heterocycles. The number of rotatable bonds is 1. The van der Waals surface area contributed by atoms with Crippen molar-refractivity contribution in [1.82, 2.24) is 0 Å². The summed E-state index contributed by atoms with van der Waals surface area (Å²) in [5.74, 6) is 0.339. The van der Waals surface area contributed by atoms with Crippen LogP contribution in [0.4, 0.5) is 0 Å². The predicted molar refractivity (Wildman–Crippen MR) is 68.0 cm³/mol. The second-order valence-corrected chi connectivity index (χ2v) is 3.91. The van der Waals surface area contributed by atoms with Crippen LogP contribution in [0.2, 0.25) is 0 Å². The summed E-state index contributed by atoms with van der Waals surface area (Å²) in [5, 5.41) is 17.3. The minimum Gasteiger partial charge on any atom is -0.508 e. The summed E-state index contributed by atoms with van der Waals surface area (Å²) in [6.07, 6.45) is 2.08. The molecule has 2 nitrogen and oxygen atoms in total. The van der Waals surface area contributed by atoms with Gasteiger partial charge in [-0.15, -0.1) is 11.8 Å². The van der Waals surface area contributed by atoms with Gasteiger partial charge in [-0.05, 0) is 42.7 Å². The monoisotopic (exact) mass is 234 g/mol. The van der Waals surface area contributed by atoms with Crippen LogP contribution in [0.15, 0.2) is 59.5 Å². The summed E-state index contributed by atoms with van der Waals surface area (Å²) in [6, 6.07) is 16.0. The Balaban J connectivity index is 0.000000160. The molecular formula is C13H14O2S. The zero-order chi connectivity index (χ0) is 11.8. The zero-order valence-electron chi connectivity index (χ0n) is 9.00. The van der Waals surface area contributed by atoms with Crippen molar-refractivity contribution in [3.05, 3.63) is 54.6 Å². The van der Waals surface area contributed by atoms with Crippen LogP contribution < -0.4 is 0 Å². The van der Waals surface area contributed by atoms with E-state index in [1.165, 1.54) is 29.2 Å². The van der Waals surface area contributed by atoms with E-state index in [9.17, 15) is 0 Å². The first-order chi connectivity index (χ1) is 7.72. The van der Waals surface area contributed by atoms with E-state index in [0.29, 0.717) is 0 Å². The summed E-state index contributed by atoms with van der Waals surface area (Å²) >= 11 is 1.77. The number of benzene rings is 2. The van der Waals surface area contributed by atoms with Gasteiger partial charge in [0.2, 0.25) is 0 Å². The fourth-order valence-electron chi connectivity index (χ4n) is 1.01. The quantitative estimate of drug-likeness (QED) is 0.586. The lowest BCUT2D eigenvalue weighted by Crippen LogP contribution is -1.62. The molecule has 16 heavy (non-hydrogen) atoms. The van der Waals surface area contributed by atoms with E-state index >= 15 is 0 Å². The van der Waals surface area contributed by atoms with Crippen molar-refractivity contribution >= 4 is 11.8 Å². The summed E-state index contributed by atoms with van der Waals surface area (Å²) in [7, 11) is 0. The van der Waals surface area contributed by atoms with Gasteiger partial charge in [-0.25, -0.2) is 0 Å². The van der Waals surface area contributed by atoms with Gasteiger partial charge in [0.25, 0.3) is 0 Å². The lowest BCUT2D eigenvalue weighted by Gasteiger charge is -1.89. The van der Waals surface area contributed by atoms with Crippen molar-refractivity contribution in [3.63, 3.8) is 0 Å². The molecule has 0 radical (unpaired) electrons. The van der Waals surface area contributed by atoms with Gasteiger partial charge in [-0.1, -0.05) is 18.2 Å². The van der Waals surface area contributed by atoms with Gasteiger partial charge in [-0.3, -0.25) is 0 Å². The van der Waals surface area contributed by atoms with E-state index in [0.717, 1.165) is 0 Å². The fourth-order valence-corrected chi connectivity index (χ4v) is 1.44. The molecule has 0 aromatic heterocycles. The van der Waals surface area contributed by atoms with Crippen molar-refractivity contribution in [3.8, 4) is 11.5 Å². The maximum atomic E-state index is 8.65. The molecule has 3 heteroatoms. The summed E-state index contributed by atoms with van der Waals surface area (Å²) in [6.45, 7) is 0. The van der Waals surface area contributed by atoms with Gasteiger partial charge in [0.1, 0.15) is 11.5 Å². The van der Waals surface area contributed by atoms with Crippen LogP contribution in [0.5, 0.6) is 11.5 Å². The minimum absolute atomic E-state index is 0.169. The third-order valence-electron chi connectivity index (χ3n) is 1.83. The van der Waals surface area contributed by atoms with Gasteiger partial charge in [0, 0.05) is 4.90 Å². The highest BCUT2D eigenvalue weighted by Crippen LogP contribution is 2.13. The molecule has 0 aliphatic rings. The van der Waals surface area contributed by atoms with Crippen LogP contribution >= 0.6 is 11.8 Å². The maximum Gasteiger partial charge on any atom is 0.115 e. The van der Waals surface area contributed by atoms with Gasteiger partial charge < -0.3 is 10.2 Å². The molecule has 0 heterocycles. The number of thioether (sulfide) groups is 1. The zero-order valence-corrected chi connectivity index (χ0v) is 9.82. The normalized spacial score (nSPS) is 9.06. The van der Waals surface area contributed by atoms with Crippen molar-refractivity contribution in [2.75, 3.05) is 6.26 Å². The Hall–Kier alpha value is -1.61. The van der Waals surface area contributed by atoms with Crippen LogP contribution in [-0.2, 0) is 0 Å². The molecule has 0 aliphatic carbocycles. The van der Waals surface area contributed by atoms with Gasteiger partial charge in [-0.2, -0.15) is 0 Å². The molecule has 0 spiro atoms. The smallest absolute Gasteiger partial charge is 0.115 e. The molecule has 2 N–H and O–H groups in total. The Bertz CT molecular complexity index is 377. The SMILES string of the molecule is CSc1ccccc1.Oc1ccc(O)cc1. The third-order valence-corrected chi connectivity index (χ3v) is 2.57. The molecule has 0 amide bonds. The molecule has 0 bridgehead atoms. The standard InChI is InChI=1S/C7H8S.C6H6O2/c1-8-7-5-3-2-4-6-7;7-5-1-2-6(8)4-3-5/h2-6H,1H3;1-4,7-8H. The van der Waals surface area contributed by atoms with E-state index in [4.69, 9.17) is 10.2 Å². The van der Waals surface area contributed by atoms with E-state index in [1.54, 1.807) is 11.8 Å². The van der Waals surface area contributed by atoms with Crippen LogP contribution in [0.25, 0.3) is 0 Å². The highest BCUT2D eigenvalue weighted by Gasteiger charge is 1.84. The first kappa shape index (κ1) is 12.5. The topological polar surface area (TPSA) is 40.5 Å². The molecule has 2 rings (SSSR count). The van der Waals surface area contributed by atoms with E-state index in [1.807, 2.05) is 18.2 Å². The van der Waals surface area contributed by atoms with Crippen molar-refractivity contribution in [1.29, 1.82) is 0 Å². The predicted octanol–water partition coefficient (Wildman–Crippen LogP) is 3.51. The Labute approximate surface area is 99.6 Å². The average molecular weight is 234 g/mol. The average Bonchev–Trinajstić information content (AvgIpc) is 2.35. The summed E-state index contributed by atoms with van der Waals surface area (Å²) < 4.78 is 0. The molecule has 2 aromatic carbocycles. The molecule has 2 aromatic rings. The van der Waals surface area contributed by atoms with E-state index in [-0.39, 0.29) is 11.5 Å². The minimum atomic E-state index is 0.169. The molecule has 0 aliphatic heterocycles. The van der Waals surface area contributed by atoms with E-state index in [2.05, 4.69) is 18.4 Å². The third kappa shape index (κ3) is 4.75. The maximum absolute atomic E-state index is 8.65. The Morgan fingerprint density at radius 3 is 1.50 bits per heavy atom. The first-order valence-corrected chi connectivity index (χ1v) is 6.02. The molecule has 0 fully saturated rings. The largest absolute Gasteiger partial charge is 0.508 e. The summed E-state index contributed by atoms with van der Waals surface area (Å²) in [4.78, 5) is 1.33. The molecule has 0 saturated carbocycles. The van der Waals surface area contributed by atoms with Gasteiger partial charge in [0.05, 0.1) is 0 Å². The Morgan fingerprint density at radius 1 is 0.750 bits per heavy atom. The van der Waals surface area contributed by atoms with Gasteiger partial charge >= 0.3 is 0 Å².